The molecule has 3 aromatic rings. The second kappa shape index (κ2) is 7.65. The van der Waals surface area contributed by atoms with E-state index in [4.69, 9.17) is 0 Å². The molecule has 0 atom stereocenters. The lowest BCUT2D eigenvalue weighted by Gasteiger charge is -2.13. The molecule has 0 spiro atoms. The summed E-state index contributed by atoms with van der Waals surface area (Å²) >= 11 is 0. The van der Waals surface area contributed by atoms with Crippen LogP contribution < -0.4 is 9.44 Å². The van der Waals surface area contributed by atoms with Crippen LogP contribution in [0.4, 0.5) is 11.4 Å². The summed E-state index contributed by atoms with van der Waals surface area (Å²) in [5, 5.41) is 0. The highest BCUT2D eigenvalue weighted by atomic mass is 32.2. The topological polar surface area (TPSA) is 92.3 Å². The first kappa shape index (κ1) is 19.9. The van der Waals surface area contributed by atoms with Gasteiger partial charge in [-0.15, -0.1) is 0 Å². The lowest BCUT2D eigenvalue weighted by atomic mass is 10.2. The van der Waals surface area contributed by atoms with Gasteiger partial charge in [0.1, 0.15) is 0 Å². The van der Waals surface area contributed by atoms with Crippen molar-refractivity contribution in [3.63, 3.8) is 0 Å². The van der Waals surface area contributed by atoms with E-state index in [0.29, 0.717) is 11.1 Å². The molecule has 0 saturated carbocycles. The molecule has 6 nitrogen and oxygen atoms in total. The lowest BCUT2D eigenvalue weighted by Crippen LogP contribution is -2.16. The molecule has 28 heavy (non-hydrogen) atoms. The van der Waals surface area contributed by atoms with Crippen LogP contribution in [-0.2, 0) is 20.0 Å². The van der Waals surface area contributed by atoms with Gasteiger partial charge in [0.2, 0.25) is 0 Å². The molecular weight excluding hydrogens is 396 g/mol. The summed E-state index contributed by atoms with van der Waals surface area (Å²) in [7, 11) is -7.58. The molecule has 0 fully saturated rings. The molecule has 146 valence electrons. The second-order valence-electron chi connectivity index (χ2n) is 6.32. The van der Waals surface area contributed by atoms with Gasteiger partial charge in [-0.05, 0) is 55.3 Å². The van der Waals surface area contributed by atoms with Crippen molar-refractivity contribution in [1.82, 2.24) is 0 Å². The third-order valence-electron chi connectivity index (χ3n) is 4.13. The Labute approximate surface area is 165 Å². The normalized spacial score (nSPS) is 11.8. The van der Waals surface area contributed by atoms with Crippen molar-refractivity contribution in [2.24, 2.45) is 0 Å². The Morgan fingerprint density at radius 2 is 0.964 bits per heavy atom. The van der Waals surface area contributed by atoms with E-state index < -0.39 is 20.0 Å². The minimum absolute atomic E-state index is 0.167. The highest BCUT2D eigenvalue weighted by molar-refractivity contribution is 7.93. The monoisotopic (exact) mass is 416 g/mol. The van der Waals surface area contributed by atoms with E-state index in [1.54, 1.807) is 68.4 Å². The van der Waals surface area contributed by atoms with E-state index in [-0.39, 0.29) is 21.2 Å². The summed E-state index contributed by atoms with van der Waals surface area (Å²) in [5.74, 6) is 0. The largest absolute Gasteiger partial charge is 0.280 e. The molecule has 0 amide bonds. The van der Waals surface area contributed by atoms with Crippen LogP contribution in [0.15, 0.2) is 82.6 Å². The number of anilines is 2. The summed E-state index contributed by atoms with van der Waals surface area (Å²) in [6, 6.07) is 19.4. The van der Waals surface area contributed by atoms with Crippen molar-refractivity contribution in [3.8, 4) is 0 Å². The molecular formula is C20H20N2O4S2. The van der Waals surface area contributed by atoms with Crippen molar-refractivity contribution in [3.05, 3.63) is 83.9 Å². The SMILES string of the molecule is Cc1ccccc1S(=O)(=O)Nc1cccc(NS(=O)(=O)c2ccccc2C)c1. The zero-order chi connectivity index (χ0) is 20.4. The minimum atomic E-state index is -3.79. The van der Waals surface area contributed by atoms with E-state index in [1.807, 2.05) is 0 Å². The fourth-order valence-corrected chi connectivity index (χ4v) is 5.38. The van der Waals surface area contributed by atoms with E-state index >= 15 is 0 Å². The van der Waals surface area contributed by atoms with Crippen LogP contribution >= 0.6 is 0 Å². The Morgan fingerprint density at radius 3 is 1.36 bits per heavy atom. The van der Waals surface area contributed by atoms with Crippen LogP contribution in [0.25, 0.3) is 0 Å². The maximum atomic E-state index is 12.6. The summed E-state index contributed by atoms with van der Waals surface area (Å²) in [6.45, 7) is 3.42. The van der Waals surface area contributed by atoms with E-state index in [9.17, 15) is 16.8 Å². The molecule has 0 aromatic heterocycles. The van der Waals surface area contributed by atoms with Crippen LogP contribution in [0.5, 0.6) is 0 Å². The molecule has 0 aliphatic rings. The van der Waals surface area contributed by atoms with E-state index in [1.165, 1.54) is 18.2 Å². The van der Waals surface area contributed by atoms with Gasteiger partial charge in [0.15, 0.2) is 0 Å². The van der Waals surface area contributed by atoms with Crippen LogP contribution in [-0.4, -0.2) is 16.8 Å². The minimum Gasteiger partial charge on any atom is -0.280 e. The van der Waals surface area contributed by atoms with Crippen LogP contribution in [0.2, 0.25) is 0 Å². The van der Waals surface area contributed by atoms with Crippen molar-refractivity contribution in [2.45, 2.75) is 23.6 Å². The van der Waals surface area contributed by atoms with Crippen molar-refractivity contribution in [2.75, 3.05) is 9.44 Å². The Balaban J connectivity index is 1.87. The molecule has 0 aliphatic heterocycles. The molecule has 0 unspecified atom stereocenters. The Hall–Kier alpha value is -2.84. The number of nitrogens with one attached hydrogen (secondary N) is 2. The third kappa shape index (κ3) is 4.35. The predicted octanol–water partition coefficient (Wildman–Crippen LogP) is 3.91. The van der Waals surface area contributed by atoms with Gasteiger partial charge in [0, 0.05) is 0 Å². The van der Waals surface area contributed by atoms with Gasteiger partial charge in [-0.3, -0.25) is 9.44 Å². The van der Waals surface area contributed by atoms with Gasteiger partial charge in [-0.1, -0.05) is 42.5 Å². The van der Waals surface area contributed by atoms with Gasteiger partial charge in [0.05, 0.1) is 21.2 Å². The zero-order valence-electron chi connectivity index (χ0n) is 15.4. The molecule has 0 heterocycles. The molecule has 0 bridgehead atoms. The van der Waals surface area contributed by atoms with Gasteiger partial charge in [0.25, 0.3) is 20.0 Å². The van der Waals surface area contributed by atoms with Crippen LogP contribution in [0, 0.1) is 13.8 Å². The Morgan fingerprint density at radius 1 is 0.571 bits per heavy atom. The fraction of sp³-hybridized carbons (Fsp3) is 0.100. The van der Waals surface area contributed by atoms with E-state index in [2.05, 4.69) is 9.44 Å². The standard InChI is InChI=1S/C20H20N2O4S2/c1-15-8-3-5-12-19(15)27(23,24)21-17-10-7-11-18(14-17)22-28(25,26)20-13-6-4-9-16(20)2/h3-14,21-22H,1-2H3. The molecule has 3 aromatic carbocycles. The van der Waals surface area contributed by atoms with Gasteiger partial charge in [-0.2, -0.15) is 0 Å². The van der Waals surface area contributed by atoms with Crippen molar-refractivity contribution >= 4 is 31.4 Å². The molecule has 8 heteroatoms. The quantitative estimate of drug-likeness (QED) is 0.637. The summed E-state index contributed by atoms with van der Waals surface area (Å²) in [6.07, 6.45) is 0. The summed E-state index contributed by atoms with van der Waals surface area (Å²) < 4.78 is 55.5. The first-order valence-electron chi connectivity index (χ1n) is 8.46. The third-order valence-corrected chi connectivity index (χ3v) is 7.22. The first-order chi connectivity index (χ1) is 13.2. The molecule has 0 radical (unpaired) electrons. The van der Waals surface area contributed by atoms with Crippen molar-refractivity contribution < 1.29 is 16.8 Å². The average Bonchev–Trinajstić information content (AvgIpc) is 2.61. The van der Waals surface area contributed by atoms with Crippen LogP contribution in [0.3, 0.4) is 0 Å². The second-order valence-corrected chi connectivity index (χ2v) is 9.62. The van der Waals surface area contributed by atoms with Crippen molar-refractivity contribution in [1.29, 1.82) is 0 Å². The highest BCUT2D eigenvalue weighted by Gasteiger charge is 2.18. The average molecular weight is 417 g/mol. The first-order valence-corrected chi connectivity index (χ1v) is 11.4. The van der Waals surface area contributed by atoms with Crippen LogP contribution in [0.1, 0.15) is 11.1 Å². The summed E-state index contributed by atoms with van der Waals surface area (Å²) in [5.41, 5.74) is 1.75. The number of hydrogen-bond acceptors (Lipinski definition) is 4. The number of rotatable bonds is 6. The molecule has 2 N–H and O–H groups in total. The smallest absolute Gasteiger partial charge is 0.262 e. The fourth-order valence-electron chi connectivity index (χ4n) is 2.78. The van der Waals surface area contributed by atoms with E-state index in [0.717, 1.165) is 0 Å². The zero-order valence-corrected chi connectivity index (χ0v) is 17.0. The number of hydrogen-bond donors (Lipinski definition) is 2. The molecule has 3 rings (SSSR count). The van der Waals surface area contributed by atoms with Gasteiger partial charge in [-0.25, -0.2) is 16.8 Å². The number of aryl methyl sites for hydroxylation is 2. The predicted molar refractivity (Wildman–Crippen MR) is 110 cm³/mol. The number of benzene rings is 3. The maximum absolute atomic E-state index is 12.6. The number of sulfonamides is 2. The molecule has 0 saturated heterocycles. The molecule has 0 aliphatic carbocycles. The van der Waals surface area contributed by atoms with Gasteiger partial charge >= 0.3 is 0 Å². The Kier molecular flexibility index (Phi) is 5.44. The Bertz CT molecular complexity index is 1130. The summed E-state index contributed by atoms with van der Waals surface area (Å²) in [4.78, 5) is 0.335. The lowest BCUT2D eigenvalue weighted by molar-refractivity contribution is 0.599. The highest BCUT2D eigenvalue weighted by Crippen LogP contribution is 2.24. The van der Waals surface area contributed by atoms with Gasteiger partial charge < -0.3 is 0 Å². The maximum Gasteiger partial charge on any atom is 0.262 e.